The number of benzene rings is 1. The van der Waals surface area contributed by atoms with Crippen molar-refractivity contribution in [1.29, 1.82) is 0 Å². The molecule has 0 amide bonds. The van der Waals surface area contributed by atoms with E-state index in [1.807, 2.05) is 0 Å². The minimum atomic E-state index is -4.76. The van der Waals surface area contributed by atoms with Crippen molar-refractivity contribution >= 4 is 22.9 Å². The summed E-state index contributed by atoms with van der Waals surface area (Å²) in [5, 5.41) is 45.7. The minimum Gasteiger partial charge on any atom is -0.486 e. The molecule has 202 valence electrons. The molecule has 4 aromatic rings. The number of aromatic nitrogens is 6. The van der Waals surface area contributed by atoms with Crippen LogP contribution >= 0.6 is 22.9 Å². The first-order valence-electron chi connectivity index (χ1n) is 11.0. The molecular formula is C22H20ClF3N6O5S. The van der Waals surface area contributed by atoms with Crippen molar-refractivity contribution in [3.05, 3.63) is 58.3 Å². The molecule has 16 heteroatoms. The Morgan fingerprint density at radius 3 is 2.74 bits per heavy atom. The van der Waals surface area contributed by atoms with Gasteiger partial charge in [0, 0.05) is 23.7 Å². The Hall–Kier alpha value is -3.08. The van der Waals surface area contributed by atoms with E-state index in [0.717, 1.165) is 34.2 Å². The number of aliphatic hydroxyl groups is 2. The Bertz CT molecular complexity index is 1440. The van der Waals surface area contributed by atoms with E-state index in [0.29, 0.717) is 5.69 Å². The van der Waals surface area contributed by atoms with Gasteiger partial charge in [-0.05, 0) is 24.3 Å². The number of rotatable bonds is 6. The van der Waals surface area contributed by atoms with Crippen molar-refractivity contribution in [2.24, 2.45) is 0 Å². The smallest absolute Gasteiger partial charge is 0.418 e. The summed E-state index contributed by atoms with van der Waals surface area (Å²) in [5.41, 5.74) is -3.27. The van der Waals surface area contributed by atoms with Crippen molar-refractivity contribution in [3.8, 4) is 22.3 Å². The van der Waals surface area contributed by atoms with Crippen molar-refractivity contribution in [3.63, 3.8) is 0 Å². The molecule has 0 aliphatic carbocycles. The third-order valence-corrected chi connectivity index (χ3v) is 7.20. The van der Waals surface area contributed by atoms with Gasteiger partial charge in [0.25, 0.3) is 5.19 Å². The standard InChI is InChI=1S/C22H20ClF3N6O5S/c1-36-16-9-37-18(8-33)21(35,19(16)31-7-13(29-30-31)14-10-38-20(34)28-14)17-4-5-27-32(17)15-6-11(23)2-3-12(15)22(24,25)26/h2-7,10,16,18-19,33,35H,8-9H2,1H3,(H,28,34)/t16-,18+,19+,21?/m0/s1. The molecule has 1 aromatic carbocycles. The van der Waals surface area contributed by atoms with Crippen LogP contribution < -0.4 is 0 Å². The summed E-state index contributed by atoms with van der Waals surface area (Å²) in [7, 11) is 1.37. The van der Waals surface area contributed by atoms with Gasteiger partial charge in [-0.2, -0.15) is 18.3 Å². The monoisotopic (exact) mass is 572 g/mol. The van der Waals surface area contributed by atoms with Gasteiger partial charge in [-0.1, -0.05) is 28.2 Å². The van der Waals surface area contributed by atoms with Gasteiger partial charge < -0.3 is 24.8 Å². The number of halogens is 4. The molecule has 0 radical (unpaired) electrons. The van der Waals surface area contributed by atoms with Crippen molar-refractivity contribution in [1.82, 2.24) is 29.8 Å². The number of nitrogens with zero attached hydrogens (tertiary/aromatic N) is 6. The van der Waals surface area contributed by atoms with Crippen LogP contribution in [0.2, 0.25) is 5.02 Å². The molecule has 11 nitrogen and oxygen atoms in total. The zero-order chi connectivity index (χ0) is 27.2. The maximum Gasteiger partial charge on any atom is 0.418 e. The molecule has 4 atom stereocenters. The van der Waals surface area contributed by atoms with Gasteiger partial charge in [0.15, 0.2) is 5.60 Å². The first-order chi connectivity index (χ1) is 18.1. The van der Waals surface area contributed by atoms with Crippen LogP contribution in [0, 0.1) is 0 Å². The molecule has 0 bridgehead atoms. The highest BCUT2D eigenvalue weighted by atomic mass is 35.5. The number of aromatic hydroxyl groups is 1. The summed E-state index contributed by atoms with van der Waals surface area (Å²) >= 11 is 7.03. The van der Waals surface area contributed by atoms with E-state index in [-0.39, 0.29) is 28.2 Å². The Kier molecular flexibility index (Phi) is 6.91. The van der Waals surface area contributed by atoms with E-state index < -0.39 is 47.9 Å². The van der Waals surface area contributed by atoms with Gasteiger partial charge in [-0.25, -0.2) is 14.3 Å². The highest BCUT2D eigenvalue weighted by Crippen LogP contribution is 2.46. The third-order valence-electron chi connectivity index (χ3n) is 6.32. The van der Waals surface area contributed by atoms with E-state index >= 15 is 0 Å². The van der Waals surface area contributed by atoms with Crippen molar-refractivity contribution in [2.75, 3.05) is 20.3 Å². The fraction of sp³-hybridized carbons (Fsp3) is 0.364. The van der Waals surface area contributed by atoms with Gasteiger partial charge in [0.05, 0.1) is 36.4 Å². The van der Waals surface area contributed by atoms with Crippen LogP contribution in [0.5, 0.6) is 5.19 Å². The van der Waals surface area contributed by atoms with Crippen LogP contribution in [0.4, 0.5) is 13.2 Å². The molecule has 3 N–H and O–H groups in total. The summed E-state index contributed by atoms with van der Waals surface area (Å²) in [6.45, 7) is -0.779. The molecule has 3 aromatic heterocycles. The second-order valence-electron chi connectivity index (χ2n) is 8.44. The first kappa shape index (κ1) is 26.5. The lowest BCUT2D eigenvalue weighted by Gasteiger charge is -2.47. The highest BCUT2D eigenvalue weighted by Gasteiger charge is 2.57. The number of aliphatic hydroxyl groups excluding tert-OH is 1. The van der Waals surface area contributed by atoms with Crippen molar-refractivity contribution in [2.45, 2.75) is 30.0 Å². The molecule has 5 rings (SSSR count). The molecule has 1 unspecified atom stereocenters. The fourth-order valence-electron chi connectivity index (χ4n) is 4.61. The quantitative estimate of drug-likeness (QED) is 0.318. The summed E-state index contributed by atoms with van der Waals surface area (Å²) < 4.78 is 55.2. The zero-order valence-corrected chi connectivity index (χ0v) is 21.0. The predicted molar refractivity (Wildman–Crippen MR) is 127 cm³/mol. The Balaban J connectivity index is 1.70. The van der Waals surface area contributed by atoms with Gasteiger partial charge in [0.1, 0.15) is 29.6 Å². The normalized spacial score (nSPS) is 24.1. The maximum absolute atomic E-state index is 13.9. The molecular weight excluding hydrogens is 553 g/mol. The lowest BCUT2D eigenvalue weighted by molar-refractivity contribution is -0.236. The van der Waals surface area contributed by atoms with Gasteiger partial charge in [0.2, 0.25) is 0 Å². The molecule has 0 spiro atoms. The second kappa shape index (κ2) is 9.91. The van der Waals surface area contributed by atoms with Crippen LogP contribution in [-0.2, 0) is 21.3 Å². The lowest BCUT2D eigenvalue weighted by atomic mass is 9.79. The van der Waals surface area contributed by atoms with Crippen LogP contribution in [0.1, 0.15) is 17.3 Å². The number of thiazole rings is 1. The maximum atomic E-state index is 13.9. The summed E-state index contributed by atoms with van der Waals surface area (Å²) in [6, 6.07) is 3.15. The van der Waals surface area contributed by atoms with Gasteiger partial charge in [-0.15, -0.1) is 5.10 Å². The van der Waals surface area contributed by atoms with E-state index in [9.17, 15) is 28.5 Å². The molecule has 38 heavy (non-hydrogen) atoms. The van der Waals surface area contributed by atoms with E-state index in [4.69, 9.17) is 21.1 Å². The second-order valence-corrected chi connectivity index (χ2v) is 9.71. The largest absolute Gasteiger partial charge is 0.486 e. The van der Waals surface area contributed by atoms with Crippen LogP contribution in [0.3, 0.4) is 0 Å². The summed E-state index contributed by atoms with van der Waals surface area (Å²) in [5.74, 6) is 0. The number of alkyl halides is 3. The van der Waals surface area contributed by atoms with Crippen LogP contribution in [-0.4, -0.2) is 77.6 Å². The Morgan fingerprint density at radius 2 is 2.08 bits per heavy atom. The number of methoxy groups -OCH3 is 1. The van der Waals surface area contributed by atoms with Gasteiger partial charge >= 0.3 is 6.18 Å². The molecule has 4 heterocycles. The SMILES string of the molecule is CO[C@H]1CO[C@H](CO)C(O)(c2ccnn2-c2cc(Cl)ccc2C(F)(F)F)[C@@H]1n1cc(-c2csc(O)n2)nn1. The highest BCUT2D eigenvalue weighted by molar-refractivity contribution is 7.11. The molecule has 1 saturated heterocycles. The minimum absolute atomic E-state index is 0.0128. The van der Waals surface area contributed by atoms with Crippen molar-refractivity contribution < 1.29 is 38.0 Å². The van der Waals surface area contributed by atoms with E-state index in [1.165, 1.54) is 30.3 Å². The zero-order valence-electron chi connectivity index (χ0n) is 19.4. The first-order valence-corrected chi connectivity index (χ1v) is 12.3. The third kappa shape index (κ3) is 4.44. The molecule has 1 fully saturated rings. The van der Waals surface area contributed by atoms with Gasteiger partial charge in [-0.3, -0.25) is 0 Å². The Labute approximate surface area is 221 Å². The lowest BCUT2D eigenvalue weighted by Crippen LogP contribution is -2.60. The predicted octanol–water partition coefficient (Wildman–Crippen LogP) is 2.80. The van der Waals surface area contributed by atoms with Crippen LogP contribution in [0.15, 0.2) is 42.0 Å². The average Bonchev–Trinajstić information content (AvgIpc) is 3.63. The van der Waals surface area contributed by atoms with Crippen LogP contribution in [0.25, 0.3) is 17.1 Å². The molecule has 1 aliphatic heterocycles. The van der Waals surface area contributed by atoms with E-state index in [2.05, 4.69) is 20.4 Å². The molecule has 0 saturated carbocycles. The average molecular weight is 573 g/mol. The Morgan fingerprint density at radius 1 is 1.29 bits per heavy atom. The number of hydrogen-bond donors (Lipinski definition) is 3. The summed E-state index contributed by atoms with van der Waals surface area (Å²) in [4.78, 5) is 3.96. The number of hydrogen-bond acceptors (Lipinski definition) is 10. The number of ether oxygens (including phenoxy) is 2. The fourth-order valence-corrected chi connectivity index (χ4v) is 5.32. The topological polar surface area (TPSA) is 141 Å². The molecule has 1 aliphatic rings. The van der Waals surface area contributed by atoms with E-state index in [1.54, 1.807) is 5.38 Å². The summed E-state index contributed by atoms with van der Waals surface area (Å²) in [6.07, 6.45) is -4.32.